The Kier molecular flexibility index (Phi) is 2.81. The molecule has 3 saturated carbocycles. The molecule has 24 heavy (non-hydrogen) atoms. The summed E-state index contributed by atoms with van der Waals surface area (Å²) in [6.45, 7) is 6.48. The van der Waals surface area contributed by atoms with Crippen molar-refractivity contribution in [1.29, 1.82) is 0 Å². The van der Waals surface area contributed by atoms with E-state index in [0.717, 1.165) is 25.7 Å². The SMILES string of the molecule is CC(=O)[C@@]12O[C@@H]1CC1C3CCC4=CC(=O)CC[C@]4(C)C3CC[C@@]12C. The number of allylic oxidation sites excluding steroid dienone is 1. The molecular formula is C21H28O3. The second kappa shape index (κ2) is 4.41. The number of rotatable bonds is 1. The first-order chi connectivity index (χ1) is 11.3. The number of fused-ring (bicyclic) bond motifs is 7. The van der Waals surface area contributed by atoms with Gasteiger partial charge in [0.1, 0.15) is 0 Å². The number of epoxide rings is 1. The molecule has 4 fully saturated rings. The van der Waals surface area contributed by atoms with Crippen molar-refractivity contribution < 1.29 is 14.3 Å². The van der Waals surface area contributed by atoms with Gasteiger partial charge >= 0.3 is 0 Å². The summed E-state index contributed by atoms with van der Waals surface area (Å²) in [5.74, 6) is 2.58. The summed E-state index contributed by atoms with van der Waals surface area (Å²) in [5, 5.41) is 0. The van der Waals surface area contributed by atoms with E-state index >= 15 is 0 Å². The number of ketones is 2. The van der Waals surface area contributed by atoms with Gasteiger partial charge < -0.3 is 4.74 Å². The molecule has 5 rings (SSSR count). The van der Waals surface area contributed by atoms with Crippen LogP contribution in [0.2, 0.25) is 0 Å². The molecule has 0 aromatic rings. The predicted molar refractivity (Wildman–Crippen MR) is 90.4 cm³/mol. The molecule has 0 amide bonds. The van der Waals surface area contributed by atoms with Crippen molar-refractivity contribution in [3.63, 3.8) is 0 Å². The summed E-state index contributed by atoms with van der Waals surface area (Å²) in [6.07, 6.45) is 9.53. The molecular weight excluding hydrogens is 300 g/mol. The fraction of sp³-hybridized carbons (Fsp3) is 0.810. The fourth-order valence-electron chi connectivity index (χ4n) is 7.62. The summed E-state index contributed by atoms with van der Waals surface area (Å²) >= 11 is 0. The summed E-state index contributed by atoms with van der Waals surface area (Å²) in [4.78, 5) is 24.3. The fourth-order valence-corrected chi connectivity index (χ4v) is 7.62. The number of Topliss-reactive ketones (excluding diaryl/α,β-unsaturated/α-hetero) is 1. The van der Waals surface area contributed by atoms with Crippen molar-refractivity contribution in [2.24, 2.45) is 28.6 Å². The highest BCUT2D eigenvalue weighted by molar-refractivity contribution is 5.92. The molecule has 3 heteroatoms. The third-order valence-corrected chi connectivity index (χ3v) is 8.92. The molecule has 130 valence electrons. The molecule has 0 aromatic carbocycles. The van der Waals surface area contributed by atoms with Crippen LogP contribution in [-0.2, 0) is 14.3 Å². The first kappa shape index (κ1) is 15.3. The zero-order valence-electron chi connectivity index (χ0n) is 15.1. The highest BCUT2D eigenvalue weighted by atomic mass is 16.6. The van der Waals surface area contributed by atoms with E-state index in [-0.39, 0.29) is 22.7 Å². The number of ether oxygens (including phenoxy) is 1. The van der Waals surface area contributed by atoms with Crippen LogP contribution in [0.4, 0.5) is 0 Å². The average Bonchev–Trinajstić information content (AvgIpc) is 3.21. The van der Waals surface area contributed by atoms with E-state index in [1.54, 1.807) is 6.92 Å². The third-order valence-electron chi connectivity index (χ3n) is 8.92. The van der Waals surface area contributed by atoms with Crippen LogP contribution in [0.25, 0.3) is 0 Å². The standard InChI is InChI=1S/C21H28O3/c1-12(22)21-18(24-21)11-17-15-5-4-13-10-14(23)6-8-19(13,2)16(15)7-9-20(17,21)3/h10,15-18H,4-9,11H2,1-3H3/t15?,16?,17?,18-,19+,20+,21-/m1/s1. The Morgan fingerprint density at radius 3 is 2.71 bits per heavy atom. The number of hydrogen-bond donors (Lipinski definition) is 0. The van der Waals surface area contributed by atoms with Crippen molar-refractivity contribution in [3.8, 4) is 0 Å². The first-order valence-corrected chi connectivity index (χ1v) is 9.76. The monoisotopic (exact) mass is 328 g/mol. The highest BCUT2D eigenvalue weighted by Crippen LogP contribution is 2.73. The number of hydrogen-bond acceptors (Lipinski definition) is 3. The lowest BCUT2D eigenvalue weighted by Crippen LogP contribution is -2.54. The van der Waals surface area contributed by atoms with Crippen molar-refractivity contribution >= 4 is 11.6 Å². The highest BCUT2D eigenvalue weighted by Gasteiger charge is 2.79. The molecule has 1 heterocycles. The van der Waals surface area contributed by atoms with E-state index in [0.29, 0.717) is 30.0 Å². The van der Waals surface area contributed by atoms with E-state index in [2.05, 4.69) is 13.8 Å². The largest absolute Gasteiger partial charge is 0.357 e. The van der Waals surface area contributed by atoms with E-state index in [1.807, 2.05) is 6.08 Å². The van der Waals surface area contributed by atoms with Gasteiger partial charge in [0.05, 0.1) is 6.10 Å². The van der Waals surface area contributed by atoms with Crippen LogP contribution < -0.4 is 0 Å². The first-order valence-electron chi connectivity index (χ1n) is 9.76. The summed E-state index contributed by atoms with van der Waals surface area (Å²) in [7, 11) is 0. The summed E-state index contributed by atoms with van der Waals surface area (Å²) in [6, 6.07) is 0. The lowest BCUT2D eigenvalue weighted by molar-refractivity contribution is -0.136. The van der Waals surface area contributed by atoms with Crippen LogP contribution in [0, 0.1) is 28.6 Å². The van der Waals surface area contributed by atoms with Gasteiger partial charge in [-0.25, -0.2) is 0 Å². The molecule has 3 nitrogen and oxygen atoms in total. The van der Waals surface area contributed by atoms with Crippen LogP contribution in [0.1, 0.15) is 65.7 Å². The van der Waals surface area contributed by atoms with E-state index in [4.69, 9.17) is 4.74 Å². The van der Waals surface area contributed by atoms with Gasteiger partial charge in [0.25, 0.3) is 0 Å². The molecule has 1 saturated heterocycles. The Morgan fingerprint density at radius 1 is 1.17 bits per heavy atom. The maximum Gasteiger partial charge on any atom is 0.164 e. The molecule has 0 N–H and O–H groups in total. The maximum absolute atomic E-state index is 12.4. The van der Waals surface area contributed by atoms with Crippen LogP contribution in [0.15, 0.2) is 11.6 Å². The molecule has 0 aromatic heterocycles. The van der Waals surface area contributed by atoms with Gasteiger partial charge in [-0.05, 0) is 74.7 Å². The van der Waals surface area contributed by atoms with Crippen LogP contribution in [0.3, 0.4) is 0 Å². The molecule has 7 atom stereocenters. The van der Waals surface area contributed by atoms with Crippen molar-refractivity contribution in [2.45, 2.75) is 77.4 Å². The molecule has 3 unspecified atom stereocenters. The van der Waals surface area contributed by atoms with Gasteiger partial charge in [-0.1, -0.05) is 19.4 Å². The normalized spacial score (nSPS) is 55.0. The Bertz CT molecular complexity index is 679. The quantitative estimate of drug-likeness (QED) is 0.687. The van der Waals surface area contributed by atoms with Gasteiger partial charge in [0.2, 0.25) is 0 Å². The summed E-state index contributed by atoms with van der Waals surface area (Å²) in [5.41, 5.74) is 1.22. The predicted octanol–water partition coefficient (Wildman–Crippen LogP) is 3.85. The smallest absolute Gasteiger partial charge is 0.164 e. The van der Waals surface area contributed by atoms with Gasteiger partial charge in [0, 0.05) is 11.8 Å². The van der Waals surface area contributed by atoms with Crippen LogP contribution in [0.5, 0.6) is 0 Å². The second-order valence-corrected chi connectivity index (χ2v) is 9.56. The Hall–Kier alpha value is -0.960. The second-order valence-electron chi connectivity index (χ2n) is 9.56. The van der Waals surface area contributed by atoms with Gasteiger partial charge in [-0.15, -0.1) is 0 Å². The van der Waals surface area contributed by atoms with Gasteiger partial charge in [0.15, 0.2) is 17.2 Å². The maximum atomic E-state index is 12.4. The average molecular weight is 328 g/mol. The zero-order chi connectivity index (χ0) is 16.9. The van der Waals surface area contributed by atoms with Crippen molar-refractivity contribution in [2.75, 3.05) is 0 Å². The van der Waals surface area contributed by atoms with E-state index < -0.39 is 5.60 Å². The molecule has 0 bridgehead atoms. The Morgan fingerprint density at radius 2 is 1.96 bits per heavy atom. The molecule has 0 radical (unpaired) electrons. The van der Waals surface area contributed by atoms with Crippen LogP contribution >= 0.6 is 0 Å². The zero-order valence-corrected chi connectivity index (χ0v) is 15.1. The minimum absolute atomic E-state index is 0.0345. The van der Waals surface area contributed by atoms with E-state index in [1.165, 1.54) is 18.4 Å². The molecule has 0 spiro atoms. The molecule has 4 aliphatic carbocycles. The Labute approximate surface area is 144 Å². The lowest BCUT2D eigenvalue weighted by atomic mass is 9.46. The topological polar surface area (TPSA) is 46.7 Å². The number of carbonyl (C=O) groups excluding carboxylic acids is 2. The van der Waals surface area contributed by atoms with Gasteiger partial charge in [-0.3, -0.25) is 9.59 Å². The lowest BCUT2D eigenvalue weighted by Gasteiger charge is -2.58. The third kappa shape index (κ3) is 1.54. The minimum Gasteiger partial charge on any atom is -0.357 e. The Balaban J connectivity index is 1.52. The molecule has 1 aliphatic heterocycles. The van der Waals surface area contributed by atoms with Crippen molar-refractivity contribution in [3.05, 3.63) is 11.6 Å². The minimum atomic E-state index is -0.456. The molecule has 5 aliphatic rings. The summed E-state index contributed by atoms with van der Waals surface area (Å²) < 4.78 is 5.99. The van der Waals surface area contributed by atoms with Crippen molar-refractivity contribution in [1.82, 2.24) is 0 Å². The van der Waals surface area contributed by atoms with Gasteiger partial charge in [-0.2, -0.15) is 0 Å². The van der Waals surface area contributed by atoms with E-state index in [9.17, 15) is 9.59 Å². The van der Waals surface area contributed by atoms with Crippen LogP contribution in [-0.4, -0.2) is 23.3 Å². The number of carbonyl (C=O) groups is 2.